The normalized spacial score (nSPS) is 43.8. The summed E-state index contributed by atoms with van der Waals surface area (Å²) in [5.41, 5.74) is 0.333. The molecule has 3 heteroatoms. The maximum Gasteiger partial charge on any atom is 0.302 e. The van der Waals surface area contributed by atoms with Gasteiger partial charge in [-0.1, -0.05) is 0 Å². The van der Waals surface area contributed by atoms with Crippen LogP contribution in [0.15, 0.2) is 0 Å². The fraction of sp³-hybridized carbons (Fsp3) is 0.889. The van der Waals surface area contributed by atoms with Gasteiger partial charge in [0.05, 0.1) is 0 Å². The zero-order valence-corrected chi connectivity index (χ0v) is 7.59. The van der Waals surface area contributed by atoms with Crippen molar-refractivity contribution in [2.24, 2.45) is 5.92 Å². The van der Waals surface area contributed by atoms with Crippen molar-refractivity contribution in [2.45, 2.75) is 37.8 Å². The molecule has 3 nitrogen and oxygen atoms in total. The second-order valence-electron chi connectivity index (χ2n) is 3.90. The highest BCUT2D eigenvalue weighted by atomic mass is 16.5. The lowest BCUT2D eigenvalue weighted by Crippen LogP contribution is -2.71. The maximum atomic E-state index is 10.7. The molecule has 0 heterocycles. The Morgan fingerprint density at radius 2 is 2.42 bits per heavy atom. The molecule has 0 spiro atoms. The van der Waals surface area contributed by atoms with Crippen molar-refractivity contribution < 1.29 is 9.53 Å². The maximum absolute atomic E-state index is 10.7. The van der Waals surface area contributed by atoms with Gasteiger partial charge in [0.15, 0.2) is 0 Å². The van der Waals surface area contributed by atoms with Crippen LogP contribution in [0.3, 0.4) is 0 Å². The lowest BCUT2D eigenvalue weighted by molar-refractivity contribution is -0.182. The second-order valence-corrected chi connectivity index (χ2v) is 3.90. The molecule has 12 heavy (non-hydrogen) atoms. The van der Waals surface area contributed by atoms with Gasteiger partial charge in [-0.05, 0) is 19.9 Å². The van der Waals surface area contributed by atoms with Gasteiger partial charge in [-0.15, -0.1) is 0 Å². The third kappa shape index (κ3) is 0.891. The topological polar surface area (TPSA) is 38.3 Å². The van der Waals surface area contributed by atoms with Crippen LogP contribution in [0, 0.1) is 5.92 Å². The molecule has 2 aliphatic rings. The van der Waals surface area contributed by atoms with Crippen molar-refractivity contribution in [3.8, 4) is 0 Å². The van der Waals surface area contributed by atoms with E-state index >= 15 is 0 Å². The van der Waals surface area contributed by atoms with E-state index in [9.17, 15) is 4.79 Å². The molecule has 0 saturated heterocycles. The van der Waals surface area contributed by atoms with Gasteiger partial charge >= 0.3 is 5.97 Å². The van der Waals surface area contributed by atoms with Crippen molar-refractivity contribution in [1.82, 2.24) is 5.32 Å². The van der Waals surface area contributed by atoms with Crippen molar-refractivity contribution >= 4 is 5.97 Å². The molecule has 0 aromatic rings. The lowest BCUT2D eigenvalue weighted by atomic mass is 9.51. The summed E-state index contributed by atoms with van der Waals surface area (Å²) in [6.45, 7) is 1.48. The van der Waals surface area contributed by atoms with E-state index in [2.05, 4.69) is 5.32 Å². The Bertz CT molecular complexity index is 213. The molecule has 0 aromatic heterocycles. The standard InChI is InChI=1S/C9H15NO2/c1-6(11)12-8-5-9(10-2)4-3-7(8)9/h7-8,10H,3-5H2,1-2H3. The minimum atomic E-state index is -0.142. The van der Waals surface area contributed by atoms with Gasteiger partial charge < -0.3 is 10.1 Å². The molecule has 0 aromatic carbocycles. The summed E-state index contributed by atoms with van der Waals surface area (Å²) in [5, 5.41) is 3.33. The fourth-order valence-corrected chi connectivity index (χ4v) is 2.54. The Morgan fingerprint density at radius 3 is 2.75 bits per heavy atom. The van der Waals surface area contributed by atoms with E-state index in [0.29, 0.717) is 11.5 Å². The monoisotopic (exact) mass is 169 g/mol. The predicted molar refractivity (Wildman–Crippen MR) is 44.7 cm³/mol. The van der Waals surface area contributed by atoms with E-state index in [0.717, 1.165) is 6.42 Å². The van der Waals surface area contributed by atoms with Crippen molar-refractivity contribution in [2.75, 3.05) is 7.05 Å². The summed E-state index contributed by atoms with van der Waals surface area (Å²) in [6.07, 6.45) is 3.65. The predicted octanol–water partition coefficient (Wildman–Crippen LogP) is 0.690. The molecular weight excluding hydrogens is 154 g/mol. The Hall–Kier alpha value is -0.570. The minimum absolute atomic E-state index is 0.142. The van der Waals surface area contributed by atoms with Crippen LogP contribution in [-0.2, 0) is 9.53 Å². The number of hydrogen-bond donors (Lipinski definition) is 1. The van der Waals surface area contributed by atoms with E-state index in [1.807, 2.05) is 7.05 Å². The molecule has 68 valence electrons. The highest BCUT2D eigenvalue weighted by Crippen LogP contribution is 2.54. The lowest BCUT2D eigenvalue weighted by Gasteiger charge is -2.62. The first-order valence-electron chi connectivity index (χ1n) is 4.54. The van der Waals surface area contributed by atoms with Gasteiger partial charge in [0, 0.05) is 24.8 Å². The molecule has 0 amide bonds. The summed E-state index contributed by atoms with van der Waals surface area (Å²) in [5.74, 6) is 0.447. The Balaban J connectivity index is 1.89. The highest BCUT2D eigenvalue weighted by molar-refractivity contribution is 5.66. The molecule has 2 rings (SSSR count). The van der Waals surface area contributed by atoms with Crippen LogP contribution in [-0.4, -0.2) is 24.7 Å². The Kier molecular flexibility index (Phi) is 1.65. The number of esters is 1. The second kappa shape index (κ2) is 2.46. The molecule has 0 bridgehead atoms. The van der Waals surface area contributed by atoms with E-state index in [1.54, 1.807) is 0 Å². The first-order valence-corrected chi connectivity index (χ1v) is 4.54. The molecular formula is C9H15NO2. The number of rotatable bonds is 2. The highest BCUT2D eigenvalue weighted by Gasteiger charge is 2.60. The van der Waals surface area contributed by atoms with Crippen LogP contribution in [0.25, 0.3) is 0 Å². The number of nitrogens with one attached hydrogen (secondary N) is 1. The van der Waals surface area contributed by atoms with E-state index in [-0.39, 0.29) is 12.1 Å². The van der Waals surface area contributed by atoms with Crippen molar-refractivity contribution in [3.05, 3.63) is 0 Å². The molecule has 2 saturated carbocycles. The van der Waals surface area contributed by atoms with Gasteiger partial charge in [0.25, 0.3) is 0 Å². The average Bonchev–Trinajstić information content (AvgIpc) is 1.97. The van der Waals surface area contributed by atoms with E-state index in [1.165, 1.54) is 19.8 Å². The summed E-state index contributed by atoms with van der Waals surface area (Å²) >= 11 is 0. The van der Waals surface area contributed by atoms with Gasteiger partial charge in [-0.25, -0.2) is 0 Å². The van der Waals surface area contributed by atoms with Crippen LogP contribution >= 0.6 is 0 Å². The number of hydrogen-bond acceptors (Lipinski definition) is 3. The molecule has 2 fully saturated rings. The van der Waals surface area contributed by atoms with Gasteiger partial charge in [-0.3, -0.25) is 4.79 Å². The van der Waals surface area contributed by atoms with Gasteiger partial charge in [0.1, 0.15) is 6.10 Å². The number of ether oxygens (including phenoxy) is 1. The van der Waals surface area contributed by atoms with Crippen molar-refractivity contribution in [1.29, 1.82) is 0 Å². The average molecular weight is 169 g/mol. The third-order valence-corrected chi connectivity index (χ3v) is 3.44. The molecule has 1 N–H and O–H groups in total. The largest absolute Gasteiger partial charge is 0.462 e. The van der Waals surface area contributed by atoms with Gasteiger partial charge in [0.2, 0.25) is 0 Å². The summed E-state index contributed by atoms with van der Waals surface area (Å²) in [7, 11) is 2.00. The molecule has 0 radical (unpaired) electrons. The van der Waals surface area contributed by atoms with Crippen LogP contribution in [0.1, 0.15) is 26.2 Å². The fourth-order valence-electron chi connectivity index (χ4n) is 2.54. The quantitative estimate of drug-likeness (QED) is 0.618. The third-order valence-electron chi connectivity index (χ3n) is 3.44. The Labute approximate surface area is 72.5 Å². The van der Waals surface area contributed by atoms with E-state index < -0.39 is 0 Å². The smallest absolute Gasteiger partial charge is 0.302 e. The summed E-state index contributed by atoms with van der Waals surface area (Å²) in [4.78, 5) is 10.7. The first kappa shape index (κ1) is 8.05. The zero-order valence-electron chi connectivity index (χ0n) is 7.59. The van der Waals surface area contributed by atoms with Crippen molar-refractivity contribution in [3.63, 3.8) is 0 Å². The van der Waals surface area contributed by atoms with E-state index in [4.69, 9.17) is 4.74 Å². The molecule has 3 atom stereocenters. The zero-order chi connectivity index (χ0) is 8.77. The Morgan fingerprint density at radius 1 is 1.67 bits per heavy atom. The van der Waals surface area contributed by atoms with Crippen LogP contribution in [0.5, 0.6) is 0 Å². The summed E-state index contributed by atoms with van der Waals surface area (Å²) < 4.78 is 5.17. The number of carbonyl (C=O) groups is 1. The van der Waals surface area contributed by atoms with Crippen LogP contribution in [0.4, 0.5) is 0 Å². The first-order chi connectivity index (χ1) is 5.68. The van der Waals surface area contributed by atoms with Gasteiger partial charge in [-0.2, -0.15) is 0 Å². The van der Waals surface area contributed by atoms with Crippen LogP contribution in [0.2, 0.25) is 0 Å². The molecule has 2 aliphatic carbocycles. The summed E-state index contributed by atoms with van der Waals surface area (Å²) in [6, 6.07) is 0. The number of fused-ring (bicyclic) bond motifs is 1. The molecule has 3 unspecified atom stereocenters. The minimum Gasteiger partial charge on any atom is -0.462 e. The number of carbonyl (C=O) groups excluding carboxylic acids is 1. The molecule has 0 aliphatic heterocycles. The van der Waals surface area contributed by atoms with Crippen LogP contribution < -0.4 is 5.32 Å². The SMILES string of the molecule is CNC12CCC1C(OC(C)=O)C2.